The molecule has 124 valence electrons. The van der Waals surface area contributed by atoms with Crippen LogP contribution in [0, 0.1) is 0 Å². The number of urea groups is 1. The van der Waals surface area contributed by atoms with Gasteiger partial charge in [-0.15, -0.1) is 10.2 Å². The van der Waals surface area contributed by atoms with Crippen molar-refractivity contribution >= 4 is 17.5 Å². The lowest BCUT2D eigenvalue weighted by molar-refractivity contribution is 0.262. The van der Waals surface area contributed by atoms with Gasteiger partial charge >= 0.3 is 6.03 Å². The van der Waals surface area contributed by atoms with Crippen LogP contribution in [0.15, 0.2) is 36.9 Å². The molecule has 0 aromatic carbocycles. The Kier molecular flexibility index (Phi) is 4.23. The van der Waals surface area contributed by atoms with Crippen molar-refractivity contribution in [2.45, 2.75) is 19.9 Å². The predicted octanol–water partition coefficient (Wildman–Crippen LogP) is 2.30. The average Bonchev–Trinajstić information content (AvgIpc) is 3.16. The fraction of sp³-hybridized carbons (Fsp3) is 0.267. The molecule has 3 heterocycles. The van der Waals surface area contributed by atoms with Crippen LogP contribution in [0.4, 0.5) is 16.3 Å². The van der Waals surface area contributed by atoms with E-state index in [2.05, 4.69) is 30.9 Å². The SMILES string of the molecule is CC(C)n1cnnc1-c1cccc(NC(=O)Nc2cnn(C)c2)n1. The van der Waals surface area contributed by atoms with E-state index in [1.54, 1.807) is 42.6 Å². The number of nitrogens with one attached hydrogen (secondary N) is 2. The van der Waals surface area contributed by atoms with E-state index >= 15 is 0 Å². The van der Waals surface area contributed by atoms with E-state index < -0.39 is 6.03 Å². The van der Waals surface area contributed by atoms with Gasteiger partial charge in [0.1, 0.15) is 17.8 Å². The van der Waals surface area contributed by atoms with Crippen LogP contribution in [-0.4, -0.2) is 35.6 Å². The maximum atomic E-state index is 12.0. The molecule has 0 fully saturated rings. The van der Waals surface area contributed by atoms with E-state index in [4.69, 9.17) is 0 Å². The molecule has 0 unspecified atom stereocenters. The maximum absolute atomic E-state index is 12.0. The summed E-state index contributed by atoms with van der Waals surface area (Å²) >= 11 is 0. The second kappa shape index (κ2) is 6.49. The third kappa shape index (κ3) is 3.40. The van der Waals surface area contributed by atoms with Gasteiger partial charge in [-0.1, -0.05) is 6.07 Å². The molecule has 0 bridgehead atoms. The number of hydrogen-bond acceptors (Lipinski definition) is 5. The van der Waals surface area contributed by atoms with Crippen LogP contribution >= 0.6 is 0 Å². The molecule has 0 radical (unpaired) electrons. The number of aryl methyl sites for hydroxylation is 1. The first-order valence-electron chi connectivity index (χ1n) is 7.46. The molecule has 2 N–H and O–H groups in total. The van der Waals surface area contributed by atoms with Crippen molar-refractivity contribution < 1.29 is 4.79 Å². The van der Waals surface area contributed by atoms with Gasteiger partial charge in [-0.25, -0.2) is 9.78 Å². The minimum Gasteiger partial charge on any atom is -0.310 e. The number of amides is 2. The Labute approximate surface area is 138 Å². The molecule has 9 heteroatoms. The second-order valence-electron chi connectivity index (χ2n) is 5.55. The number of carbonyl (C=O) groups excluding carboxylic acids is 1. The van der Waals surface area contributed by atoms with Crippen LogP contribution in [0.2, 0.25) is 0 Å². The first-order chi connectivity index (χ1) is 11.5. The van der Waals surface area contributed by atoms with Crippen LogP contribution in [-0.2, 0) is 7.05 Å². The van der Waals surface area contributed by atoms with E-state index in [-0.39, 0.29) is 6.04 Å². The summed E-state index contributed by atoms with van der Waals surface area (Å²) in [5, 5.41) is 17.4. The topological polar surface area (TPSA) is 103 Å². The molecular weight excluding hydrogens is 308 g/mol. The minimum atomic E-state index is -0.391. The molecule has 9 nitrogen and oxygen atoms in total. The summed E-state index contributed by atoms with van der Waals surface area (Å²) in [4.78, 5) is 16.5. The van der Waals surface area contributed by atoms with Crippen molar-refractivity contribution in [1.82, 2.24) is 29.5 Å². The number of pyridine rings is 1. The van der Waals surface area contributed by atoms with E-state index in [0.29, 0.717) is 23.0 Å². The van der Waals surface area contributed by atoms with Crippen LogP contribution < -0.4 is 10.6 Å². The molecule has 0 aliphatic rings. The Morgan fingerprint density at radius 1 is 1.25 bits per heavy atom. The van der Waals surface area contributed by atoms with E-state index in [1.165, 1.54) is 0 Å². The monoisotopic (exact) mass is 326 g/mol. The van der Waals surface area contributed by atoms with Gasteiger partial charge in [-0.2, -0.15) is 5.10 Å². The van der Waals surface area contributed by atoms with Crippen molar-refractivity contribution in [3.8, 4) is 11.5 Å². The van der Waals surface area contributed by atoms with Gasteiger partial charge < -0.3 is 9.88 Å². The highest BCUT2D eigenvalue weighted by Crippen LogP contribution is 2.19. The van der Waals surface area contributed by atoms with E-state index in [1.807, 2.05) is 24.5 Å². The van der Waals surface area contributed by atoms with Crippen LogP contribution in [0.5, 0.6) is 0 Å². The van der Waals surface area contributed by atoms with E-state index in [0.717, 1.165) is 0 Å². The highest BCUT2D eigenvalue weighted by atomic mass is 16.2. The maximum Gasteiger partial charge on any atom is 0.324 e. The standard InChI is InChI=1S/C15H18N8O/c1-10(2)23-9-16-21-14(23)12-5-4-6-13(19-12)20-15(24)18-11-7-17-22(3)8-11/h4-10H,1-3H3,(H2,18,19,20,24). The minimum absolute atomic E-state index is 0.210. The van der Waals surface area contributed by atoms with Crippen molar-refractivity contribution in [1.29, 1.82) is 0 Å². The molecule has 2 amide bonds. The number of carbonyl (C=O) groups is 1. The summed E-state index contributed by atoms with van der Waals surface area (Å²) in [6, 6.07) is 5.16. The Balaban J connectivity index is 1.75. The van der Waals surface area contributed by atoms with E-state index in [9.17, 15) is 4.79 Å². The fourth-order valence-electron chi connectivity index (χ4n) is 2.20. The molecule has 24 heavy (non-hydrogen) atoms. The van der Waals surface area contributed by atoms with Gasteiger partial charge in [0.15, 0.2) is 5.82 Å². The summed E-state index contributed by atoms with van der Waals surface area (Å²) in [7, 11) is 1.78. The molecule has 0 saturated heterocycles. The summed E-state index contributed by atoms with van der Waals surface area (Å²) in [6.45, 7) is 4.08. The summed E-state index contributed by atoms with van der Waals surface area (Å²) in [5.41, 5.74) is 1.24. The van der Waals surface area contributed by atoms with Gasteiger partial charge in [-0.05, 0) is 26.0 Å². The number of aromatic nitrogens is 6. The highest BCUT2D eigenvalue weighted by Gasteiger charge is 2.12. The first-order valence-corrected chi connectivity index (χ1v) is 7.46. The number of nitrogens with zero attached hydrogens (tertiary/aromatic N) is 6. The molecule has 3 rings (SSSR count). The lowest BCUT2D eigenvalue weighted by atomic mass is 10.3. The predicted molar refractivity (Wildman–Crippen MR) is 89.5 cm³/mol. The Hall–Kier alpha value is -3.23. The zero-order chi connectivity index (χ0) is 17.1. The number of anilines is 2. The Morgan fingerprint density at radius 3 is 2.79 bits per heavy atom. The molecule has 3 aromatic heterocycles. The largest absolute Gasteiger partial charge is 0.324 e. The molecule has 0 saturated carbocycles. The third-order valence-electron chi connectivity index (χ3n) is 3.31. The molecule has 0 spiro atoms. The molecule has 0 atom stereocenters. The van der Waals surface area contributed by atoms with Crippen molar-refractivity contribution in [3.05, 3.63) is 36.9 Å². The fourth-order valence-corrected chi connectivity index (χ4v) is 2.20. The van der Waals surface area contributed by atoms with Gasteiger partial charge in [0.25, 0.3) is 0 Å². The van der Waals surface area contributed by atoms with Crippen molar-refractivity contribution in [2.24, 2.45) is 7.05 Å². The first kappa shape index (κ1) is 15.7. The van der Waals surface area contributed by atoms with Gasteiger partial charge in [0.05, 0.1) is 11.9 Å². The lowest BCUT2D eigenvalue weighted by Crippen LogP contribution is -2.20. The van der Waals surface area contributed by atoms with Crippen LogP contribution in [0.3, 0.4) is 0 Å². The third-order valence-corrected chi connectivity index (χ3v) is 3.31. The Morgan fingerprint density at radius 2 is 2.08 bits per heavy atom. The van der Waals surface area contributed by atoms with Crippen LogP contribution in [0.1, 0.15) is 19.9 Å². The molecule has 0 aliphatic carbocycles. The molecular formula is C15H18N8O. The zero-order valence-electron chi connectivity index (χ0n) is 13.6. The summed E-state index contributed by atoms with van der Waals surface area (Å²) < 4.78 is 3.52. The quantitative estimate of drug-likeness (QED) is 0.766. The summed E-state index contributed by atoms with van der Waals surface area (Å²) in [5.74, 6) is 1.08. The molecule has 0 aliphatic heterocycles. The van der Waals surface area contributed by atoms with Gasteiger partial charge in [0, 0.05) is 19.3 Å². The van der Waals surface area contributed by atoms with Crippen molar-refractivity contribution in [2.75, 3.05) is 10.6 Å². The number of hydrogen-bond donors (Lipinski definition) is 2. The Bertz CT molecular complexity index is 851. The highest BCUT2D eigenvalue weighted by molar-refractivity contribution is 5.99. The second-order valence-corrected chi connectivity index (χ2v) is 5.55. The molecule has 3 aromatic rings. The number of rotatable bonds is 4. The normalized spacial score (nSPS) is 10.8. The zero-order valence-corrected chi connectivity index (χ0v) is 13.6. The average molecular weight is 326 g/mol. The lowest BCUT2D eigenvalue weighted by Gasteiger charge is -2.10. The van der Waals surface area contributed by atoms with Crippen LogP contribution in [0.25, 0.3) is 11.5 Å². The van der Waals surface area contributed by atoms with Crippen molar-refractivity contribution in [3.63, 3.8) is 0 Å². The summed E-state index contributed by atoms with van der Waals surface area (Å²) in [6.07, 6.45) is 4.93. The van der Waals surface area contributed by atoms with Gasteiger partial charge in [0.2, 0.25) is 0 Å². The van der Waals surface area contributed by atoms with Gasteiger partial charge in [-0.3, -0.25) is 10.00 Å². The smallest absolute Gasteiger partial charge is 0.310 e.